The van der Waals surface area contributed by atoms with E-state index >= 15 is 0 Å². The van der Waals surface area contributed by atoms with E-state index in [1.807, 2.05) is 12.1 Å². The molecule has 154 valence electrons. The zero-order chi connectivity index (χ0) is 20.4. The number of methoxy groups -OCH3 is 2. The number of piperidine rings is 1. The highest BCUT2D eigenvalue weighted by Crippen LogP contribution is 2.42. The molecular formula is C25H31NO3. The molecule has 2 unspecified atom stereocenters. The summed E-state index contributed by atoms with van der Waals surface area (Å²) in [6, 6.07) is 14.5. The molecule has 2 aromatic rings. The van der Waals surface area contributed by atoms with Crippen molar-refractivity contribution in [1.82, 2.24) is 4.90 Å². The van der Waals surface area contributed by atoms with Crippen LogP contribution in [0.25, 0.3) is 0 Å². The van der Waals surface area contributed by atoms with Gasteiger partial charge in [-0.3, -0.25) is 9.69 Å². The number of carbonyl (C=O) groups is 1. The Bertz CT molecular complexity index is 856. The lowest BCUT2D eigenvalue weighted by Gasteiger charge is -2.36. The average Bonchev–Trinajstić information content (AvgIpc) is 3.09. The highest BCUT2D eigenvalue weighted by molar-refractivity contribution is 6.03. The zero-order valence-corrected chi connectivity index (χ0v) is 17.7. The van der Waals surface area contributed by atoms with Gasteiger partial charge in [0.15, 0.2) is 17.3 Å². The molecule has 4 heteroatoms. The highest BCUT2D eigenvalue weighted by atomic mass is 16.5. The van der Waals surface area contributed by atoms with Crippen molar-refractivity contribution in [1.29, 1.82) is 0 Å². The number of benzene rings is 2. The van der Waals surface area contributed by atoms with Gasteiger partial charge in [0.2, 0.25) is 0 Å². The molecule has 2 atom stereocenters. The van der Waals surface area contributed by atoms with Crippen LogP contribution in [0.1, 0.15) is 41.3 Å². The fourth-order valence-corrected chi connectivity index (χ4v) is 5.08. The number of ketones is 1. The molecule has 4 rings (SSSR count). The molecule has 0 N–H and O–H groups in total. The Hall–Kier alpha value is -2.33. The Morgan fingerprint density at radius 1 is 1.03 bits per heavy atom. The van der Waals surface area contributed by atoms with Crippen LogP contribution in [0.2, 0.25) is 0 Å². The number of likely N-dealkylation sites (tertiary alicyclic amines) is 1. The molecular weight excluding hydrogens is 362 g/mol. The van der Waals surface area contributed by atoms with Crippen LogP contribution >= 0.6 is 0 Å². The van der Waals surface area contributed by atoms with E-state index in [2.05, 4.69) is 42.2 Å². The van der Waals surface area contributed by atoms with Gasteiger partial charge >= 0.3 is 0 Å². The Kier molecular flexibility index (Phi) is 5.91. The van der Waals surface area contributed by atoms with Crippen molar-refractivity contribution in [2.75, 3.05) is 27.3 Å². The lowest BCUT2D eigenvalue weighted by atomic mass is 9.76. The largest absolute Gasteiger partial charge is 0.493 e. The zero-order valence-electron chi connectivity index (χ0n) is 17.7. The molecule has 2 aliphatic rings. The van der Waals surface area contributed by atoms with Crippen LogP contribution in [0.15, 0.2) is 42.5 Å². The molecule has 0 aromatic heterocycles. The minimum absolute atomic E-state index is 0.0764. The third kappa shape index (κ3) is 4.04. The molecule has 0 radical (unpaired) electrons. The number of Topliss-reactive ketones (excluding diaryl/α,β-unsaturated/α-hetero) is 1. The van der Waals surface area contributed by atoms with Gasteiger partial charge in [0.1, 0.15) is 0 Å². The standard InChI is InChI=1S/C25H31NO3/c1-17(19-9-11-26(12-10-19)16-18-7-5-4-6-8-18)21-13-20-14-23(28-2)24(29-3)15-22(20)25(21)27/h4-8,14-15,17,19,21H,9-13,16H2,1-3H3. The summed E-state index contributed by atoms with van der Waals surface area (Å²) < 4.78 is 10.8. The smallest absolute Gasteiger partial charge is 0.166 e. The highest BCUT2D eigenvalue weighted by Gasteiger charge is 2.39. The first-order valence-electron chi connectivity index (χ1n) is 10.7. The molecule has 1 fully saturated rings. The van der Waals surface area contributed by atoms with Gasteiger partial charge in [-0.25, -0.2) is 0 Å². The molecule has 1 aliphatic heterocycles. The van der Waals surface area contributed by atoms with Gasteiger partial charge < -0.3 is 9.47 Å². The van der Waals surface area contributed by atoms with Crippen LogP contribution in [0.4, 0.5) is 0 Å². The van der Waals surface area contributed by atoms with E-state index in [0.29, 0.717) is 23.3 Å². The number of nitrogens with zero attached hydrogens (tertiary/aromatic N) is 1. The third-order valence-corrected chi connectivity index (χ3v) is 6.91. The number of ether oxygens (including phenoxy) is 2. The molecule has 1 heterocycles. The van der Waals surface area contributed by atoms with E-state index in [4.69, 9.17) is 9.47 Å². The third-order valence-electron chi connectivity index (χ3n) is 6.91. The van der Waals surface area contributed by atoms with E-state index in [1.165, 1.54) is 18.4 Å². The van der Waals surface area contributed by atoms with Crippen molar-refractivity contribution < 1.29 is 14.3 Å². The van der Waals surface area contributed by atoms with Crippen LogP contribution in [0.3, 0.4) is 0 Å². The summed E-state index contributed by atoms with van der Waals surface area (Å²) in [5.74, 6) is 2.70. The second-order valence-electron chi connectivity index (χ2n) is 8.50. The van der Waals surface area contributed by atoms with Gasteiger partial charge in [-0.1, -0.05) is 37.3 Å². The summed E-state index contributed by atoms with van der Waals surface area (Å²) in [5.41, 5.74) is 3.30. The van der Waals surface area contributed by atoms with Crippen molar-refractivity contribution >= 4 is 5.78 Å². The Morgan fingerprint density at radius 3 is 2.34 bits per heavy atom. The fraction of sp³-hybridized carbons (Fsp3) is 0.480. The van der Waals surface area contributed by atoms with Gasteiger partial charge in [0.05, 0.1) is 14.2 Å². The summed E-state index contributed by atoms with van der Waals surface area (Å²) >= 11 is 0. The lowest BCUT2D eigenvalue weighted by Crippen LogP contribution is -2.37. The van der Waals surface area contributed by atoms with Crippen LogP contribution in [0, 0.1) is 17.8 Å². The summed E-state index contributed by atoms with van der Waals surface area (Å²) in [6.07, 6.45) is 3.15. The lowest BCUT2D eigenvalue weighted by molar-refractivity contribution is 0.0796. The monoisotopic (exact) mass is 393 g/mol. The SMILES string of the molecule is COc1cc2c(cc1OC)C(=O)C(C(C)C1CCN(Cc3ccccc3)CC1)C2. The predicted octanol–water partition coefficient (Wildman–Crippen LogP) is 4.61. The summed E-state index contributed by atoms with van der Waals surface area (Å²) in [6.45, 7) is 5.52. The van der Waals surface area contributed by atoms with E-state index in [-0.39, 0.29) is 11.7 Å². The molecule has 1 aliphatic carbocycles. The van der Waals surface area contributed by atoms with Crippen molar-refractivity contribution in [3.05, 3.63) is 59.2 Å². The van der Waals surface area contributed by atoms with E-state index < -0.39 is 0 Å². The fourth-order valence-electron chi connectivity index (χ4n) is 5.08. The van der Waals surface area contributed by atoms with Crippen molar-refractivity contribution in [3.63, 3.8) is 0 Å². The topological polar surface area (TPSA) is 38.8 Å². The van der Waals surface area contributed by atoms with Crippen LogP contribution in [0.5, 0.6) is 11.5 Å². The maximum Gasteiger partial charge on any atom is 0.166 e. The molecule has 29 heavy (non-hydrogen) atoms. The molecule has 0 bridgehead atoms. The van der Waals surface area contributed by atoms with Crippen molar-refractivity contribution in [3.8, 4) is 11.5 Å². The average molecular weight is 394 g/mol. The summed E-state index contributed by atoms with van der Waals surface area (Å²) in [7, 11) is 3.26. The van der Waals surface area contributed by atoms with Gasteiger partial charge in [-0.05, 0) is 67.4 Å². The quantitative estimate of drug-likeness (QED) is 0.719. The number of carbonyl (C=O) groups excluding carboxylic acids is 1. The van der Waals surface area contributed by atoms with Crippen LogP contribution < -0.4 is 9.47 Å². The van der Waals surface area contributed by atoms with Crippen LogP contribution in [-0.2, 0) is 13.0 Å². The number of hydrogen-bond donors (Lipinski definition) is 0. The van der Waals surface area contributed by atoms with E-state index in [9.17, 15) is 4.79 Å². The van der Waals surface area contributed by atoms with E-state index in [1.54, 1.807) is 14.2 Å². The van der Waals surface area contributed by atoms with Gasteiger partial charge in [-0.15, -0.1) is 0 Å². The second kappa shape index (κ2) is 8.58. The van der Waals surface area contributed by atoms with Crippen molar-refractivity contribution in [2.45, 2.75) is 32.7 Å². The van der Waals surface area contributed by atoms with Crippen LogP contribution in [-0.4, -0.2) is 38.0 Å². The summed E-state index contributed by atoms with van der Waals surface area (Å²) in [4.78, 5) is 15.7. The molecule has 2 aromatic carbocycles. The van der Waals surface area contributed by atoms with E-state index in [0.717, 1.165) is 37.2 Å². The Morgan fingerprint density at radius 2 is 1.69 bits per heavy atom. The Labute approximate surface area is 173 Å². The van der Waals surface area contributed by atoms with Crippen molar-refractivity contribution in [2.24, 2.45) is 17.8 Å². The Balaban J connectivity index is 1.39. The first-order valence-corrected chi connectivity index (χ1v) is 10.7. The predicted molar refractivity (Wildman–Crippen MR) is 115 cm³/mol. The second-order valence-corrected chi connectivity index (χ2v) is 8.50. The molecule has 0 spiro atoms. The number of fused-ring (bicyclic) bond motifs is 1. The number of hydrogen-bond acceptors (Lipinski definition) is 4. The minimum atomic E-state index is 0.0764. The summed E-state index contributed by atoms with van der Waals surface area (Å²) in [5, 5.41) is 0. The minimum Gasteiger partial charge on any atom is -0.493 e. The maximum absolute atomic E-state index is 13.1. The normalized spacial score (nSPS) is 21.1. The van der Waals surface area contributed by atoms with Gasteiger partial charge in [0.25, 0.3) is 0 Å². The first-order chi connectivity index (χ1) is 14.1. The molecule has 0 amide bonds. The van der Waals surface area contributed by atoms with Gasteiger partial charge in [-0.2, -0.15) is 0 Å². The molecule has 0 saturated carbocycles. The molecule has 1 saturated heterocycles. The maximum atomic E-state index is 13.1. The molecule has 4 nitrogen and oxygen atoms in total. The van der Waals surface area contributed by atoms with Gasteiger partial charge in [0, 0.05) is 18.0 Å². The first kappa shape index (κ1) is 20.0. The number of rotatable bonds is 6.